The first kappa shape index (κ1) is 10.1. The van der Waals surface area contributed by atoms with E-state index in [0.717, 1.165) is 24.2 Å². The number of fused-ring (bicyclic) bond motifs is 1. The zero-order valence-corrected chi connectivity index (χ0v) is 9.70. The maximum Gasteiger partial charge on any atom is 0.0576 e. The number of aliphatic hydroxyl groups is 1. The minimum atomic E-state index is 0.0567. The SMILES string of the molecule is OC(CC1CCCC1)C1C2CCCCC21. The molecule has 1 N–H and O–H groups in total. The van der Waals surface area contributed by atoms with Crippen LogP contribution in [0.2, 0.25) is 0 Å². The van der Waals surface area contributed by atoms with Gasteiger partial charge in [-0.2, -0.15) is 0 Å². The molecular weight excluding hydrogens is 184 g/mol. The Balaban J connectivity index is 1.50. The summed E-state index contributed by atoms with van der Waals surface area (Å²) >= 11 is 0. The molecule has 0 aromatic rings. The second-order valence-corrected chi connectivity index (χ2v) is 6.14. The van der Waals surface area contributed by atoms with Gasteiger partial charge in [0.15, 0.2) is 0 Å². The van der Waals surface area contributed by atoms with Crippen molar-refractivity contribution in [2.24, 2.45) is 23.7 Å². The van der Waals surface area contributed by atoms with Crippen LogP contribution in [0, 0.1) is 23.7 Å². The molecule has 0 heterocycles. The van der Waals surface area contributed by atoms with Gasteiger partial charge in [-0.25, -0.2) is 0 Å². The van der Waals surface area contributed by atoms with Gasteiger partial charge in [-0.15, -0.1) is 0 Å². The molecule has 0 spiro atoms. The second kappa shape index (κ2) is 4.08. The molecule has 1 heteroatoms. The van der Waals surface area contributed by atoms with E-state index in [-0.39, 0.29) is 6.10 Å². The fourth-order valence-electron chi connectivity index (χ4n) is 4.36. The normalized spacial score (nSPS) is 42.6. The van der Waals surface area contributed by atoms with Gasteiger partial charge in [-0.1, -0.05) is 38.5 Å². The first-order valence-electron chi connectivity index (χ1n) is 7.04. The second-order valence-electron chi connectivity index (χ2n) is 6.14. The van der Waals surface area contributed by atoms with Crippen molar-refractivity contribution in [1.82, 2.24) is 0 Å². The molecule has 0 aromatic carbocycles. The van der Waals surface area contributed by atoms with Crippen molar-refractivity contribution in [1.29, 1.82) is 0 Å². The Kier molecular flexibility index (Phi) is 2.76. The van der Waals surface area contributed by atoms with Crippen LogP contribution in [0.5, 0.6) is 0 Å². The lowest BCUT2D eigenvalue weighted by atomic mass is 9.96. The maximum atomic E-state index is 10.3. The molecule has 1 nitrogen and oxygen atoms in total. The summed E-state index contributed by atoms with van der Waals surface area (Å²) in [6.07, 6.45) is 12.5. The number of rotatable bonds is 3. The molecule has 3 rings (SSSR count). The molecule has 0 aliphatic heterocycles. The van der Waals surface area contributed by atoms with Gasteiger partial charge < -0.3 is 5.11 Å². The zero-order valence-electron chi connectivity index (χ0n) is 9.70. The van der Waals surface area contributed by atoms with Crippen molar-refractivity contribution < 1.29 is 5.11 Å². The van der Waals surface area contributed by atoms with Gasteiger partial charge in [0.05, 0.1) is 6.10 Å². The van der Waals surface area contributed by atoms with E-state index in [2.05, 4.69) is 0 Å². The minimum absolute atomic E-state index is 0.0567. The van der Waals surface area contributed by atoms with Crippen LogP contribution in [-0.4, -0.2) is 11.2 Å². The summed E-state index contributed by atoms with van der Waals surface area (Å²) < 4.78 is 0. The Labute approximate surface area is 93.3 Å². The van der Waals surface area contributed by atoms with Gasteiger partial charge >= 0.3 is 0 Å². The summed E-state index contributed by atoms with van der Waals surface area (Å²) in [6.45, 7) is 0. The van der Waals surface area contributed by atoms with E-state index in [9.17, 15) is 5.11 Å². The van der Waals surface area contributed by atoms with E-state index in [4.69, 9.17) is 0 Å². The van der Waals surface area contributed by atoms with Gasteiger partial charge in [0.1, 0.15) is 0 Å². The van der Waals surface area contributed by atoms with Crippen LogP contribution in [0.4, 0.5) is 0 Å². The molecule has 0 saturated heterocycles. The van der Waals surface area contributed by atoms with Gasteiger partial charge in [-0.3, -0.25) is 0 Å². The van der Waals surface area contributed by atoms with Gasteiger partial charge in [0.2, 0.25) is 0 Å². The monoisotopic (exact) mass is 208 g/mol. The summed E-state index contributed by atoms with van der Waals surface area (Å²) in [7, 11) is 0. The molecule has 0 amide bonds. The molecule has 0 bridgehead atoms. The highest BCUT2D eigenvalue weighted by Gasteiger charge is 2.53. The molecule has 3 saturated carbocycles. The molecular formula is C14H24O. The van der Waals surface area contributed by atoms with Crippen LogP contribution in [0.15, 0.2) is 0 Å². The Morgan fingerprint density at radius 1 is 0.867 bits per heavy atom. The third kappa shape index (κ3) is 1.95. The highest BCUT2D eigenvalue weighted by Crippen LogP contribution is 2.57. The molecule has 3 unspecified atom stereocenters. The lowest BCUT2D eigenvalue weighted by Gasteiger charge is -2.15. The Morgan fingerprint density at radius 3 is 2.00 bits per heavy atom. The summed E-state index contributed by atoms with van der Waals surface area (Å²) in [6, 6.07) is 0. The van der Waals surface area contributed by atoms with Crippen LogP contribution >= 0.6 is 0 Å². The van der Waals surface area contributed by atoms with E-state index in [1.165, 1.54) is 51.4 Å². The zero-order chi connectivity index (χ0) is 10.3. The minimum Gasteiger partial charge on any atom is -0.393 e. The van der Waals surface area contributed by atoms with E-state index in [1.54, 1.807) is 0 Å². The average Bonchev–Trinajstić information content (AvgIpc) is 2.77. The van der Waals surface area contributed by atoms with Crippen molar-refractivity contribution >= 4 is 0 Å². The molecule has 3 aliphatic carbocycles. The highest BCUT2D eigenvalue weighted by molar-refractivity contribution is 5.02. The molecule has 0 radical (unpaired) electrons. The molecule has 86 valence electrons. The van der Waals surface area contributed by atoms with Crippen LogP contribution in [0.1, 0.15) is 57.8 Å². The van der Waals surface area contributed by atoms with E-state index in [1.807, 2.05) is 0 Å². The summed E-state index contributed by atoms with van der Waals surface area (Å²) in [5, 5.41) is 10.3. The topological polar surface area (TPSA) is 20.2 Å². The van der Waals surface area contributed by atoms with Crippen LogP contribution in [0.25, 0.3) is 0 Å². The first-order chi connectivity index (χ1) is 7.36. The highest BCUT2D eigenvalue weighted by atomic mass is 16.3. The molecule has 0 aromatic heterocycles. The maximum absolute atomic E-state index is 10.3. The van der Waals surface area contributed by atoms with Crippen LogP contribution in [-0.2, 0) is 0 Å². The van der Waals surface area contributed by atoms with Crippen molar-refractivity contribution in [3.05, 3.63) is 0 Å². The Morgan fingerprint density at radius 2 is 1.40 bits per heavy atom. The van der Waals surface area contributed by atoms with Crippen molar-refractivity contribution in [3.63, 3.8) is 0 Å². The lowest BCUT2D eigenvalue weighted by Crippen LogP contribution is -2.15. The molecule has 3 aliphatic rings. The van der Waals surface area contributed by atoms with Gasteiger partial charge in [0.25, 0.3) is 0 Å². The number of hydrogen-bond donors (Lipinski definition) is 1. The average molecular weight is 208 g/mol. The van der Waals surface area contributed by atoms with Crippen molar-refractivity contribution in [2.75, 3.05) is 0 Å². The largest absolute Gasteiger partial charge is 0.393 e. The van der Waals surface area contributed by atoms with E-state index in [0.29, 0.717) is 5.92 Å². The summed E-state index contributed by atoms with van der Waals surface area (Å²) in [5.41, 5.74) is 0. The smallest absolute Gasteiger partial charge is 0.0576 e. The molecule has 3 atom stereocenters. The predicted molar refractivity (Wildman–Crippen MR) is 61.5 cm³/mol. The van der Waals surface area contributed by atoms with Crippen molar-refractivity contribution in [3.8, 4) is 0 Å². The fourth-order valence-corrected chi connectivity index (χ4v) is 4.36. The van der Waals surface area contributed by atoms with Gasteiger partial charge in [0, 0.05) is 0 Å². The standard InChI is InChI=1S/C14H24O/c15-13(9-10-5-1-2-6-10)14-11-7-3-4-8-12(11)14/h10-15H,1-9H2. The van der Waals surface area contributed by atoms with Crippen LogP contribution in [0.3, 0.4) is 0 Å². The number of hydrogen-bond acceptors (Lipinski definition) is 1. The third-order valence-electron chi connectivity index (χ3n) is 5.22. The molecule has 15 heavy (non-hydrogen) atoms. The summed E-state index contributed by atoms with van der Waals surface area (Å²) in [4.78, 5) is 0. The quantitative estimate of drug-likeness (QED) is 0.754. The van der Waals surface area contributed by atoms with E-state index < -0.39 is 0 Å². The Hall–Kier alpha value is -0.0400. The lowest BCUT2D eigenvalue weighted by molar-refractivity contribution is 0.111. The Bertz CT molecular complexity index is 207. The first-order valence-corrected chi connectivity index (χ1v) is 7.04. The number of aliphatic hydroxyl groups excluding tert-OH is 1. The fraction of sp³-hybridized carbons (Fsp3) is 1.00. The summed E-state index contributed by atoms with van der Waals surface area (Å²) in [5.74, 6) is 3.43. The molecule has 3 fully saturated rings. The van der Waals surface area contributed by atoms with Crippen LogP contribution < -0.4 is 0 Å². The van der Waals surface area contributed by atoms with Crippen molar-refractivity contribution in [2.45, 2.75) is 63.9 Å². The third-order valence-corrected chi connectivity index (χ3v) is 5.22. The predicted octanol–water partition coefficient (Wildman–Crippen LogP) is 3.36. The van der Waals surface area contributed by atoms with E-state index >= 15 is 0 Å². The van der Waals surface area contributed by atoms with Gasteiger partial charge in [-0.05, 0) is 42.9 Å².